The zero-order valence-electron chi connectivity index (χ0n) is 10.9. The SMILES string of the molecule is Cn1cc(S(=O)(=O)N2CCC(OCCO)CC2)cn1. The van der Waals surface area contributed by atoms with E-state index in [1.54, 1.807) is 7.05 Å². The molecule has 1 fully saturated rings. The van der Waals surface area contributed by atoms with Crippen molar-refractivity contribution >= 4 is 10.0 Å². The van der Waals surface area contributed by atoms with Crippen molar-refractivity contribution in [1.29, 1.82) is 0 Å². The molecule has 0 spiro atoms. The number of aliphatic hydroxyl groups excluding tert-OH is 1. The second kappa shape index (κ2) is 6.00. The fraction of sp³-hybridized carbons (Fsp3) is 0.727. The maximum Gasteiger partial charge on any atom is 0.246 e. The highest BCUT2D eigenvalue weighted by Gasteiger charge is 2.30. The van der Waals surface area contributed by atoms with Gasteiger partial charge in [0.2, 0.25) is 10.0 Å². The van der Waals surface area contributed by atoms with Gasteiger partial charge >= 0.3 is 0 Å². The van der Waals surface area contributed by atoms with Crippen LogP contribution in [0.3, 0.4) is 0 Å². The molecule has 2 rings (SSSR count). The van der Waals surface area contributed by atoms with E-state index in [1.165, 1.54) is 21.4 Å². The van der Waals surface area contributed by atoms with Gasteiger partial charge in [-0.15, -0.1) is 0 Å². The summed E-state index contributed by atoms with van der Waals surface area (Å²) < 4.78 is 33.0. The van der Waals surface area contributed by atoms with E-state index in [1.807, 2.05) is 0 Å². The van der Waals surface area contributed by atoms with Crippen LogP contribution >= 0.6 is 0 Å². The number of hydrogen-bond acceptors (Lipinski definition) is 5. The van der Waals surface area contributed by atoms with Crippen molar-refractivity contribution in [3.05, 3.63) is 12.4 Å². The Morgan fingerprint density at radius 1 is 1.47 bits per heavy atom. The predicted octanol–water partition coefficient (Wildman–Crippen LogP) is -0.418. The van der Waals surface area contributed by atoms with Gasteiger partial charge in [-0.2, -0.15) is 9.40 Å². The number of ether oxygens (including phenoxy) is 1. The largest absolute Gasteiger partial charge is 0.394 e. The van der Waals surface area contributed by atoms with Crippen molar-refractivity contribution in [2.45, 2.75) is 23.8 Å². The summed E-state index contributed by atoms with van der Waals surface area (Å²) in [6.45, 7) is 1.18. The van der Waals surface area contributed by atoms with Crippen LogP contribution in [0.5, 0.6) is 0 Å². The van der Waals surface area contributed by atoms with Gasteiger partial charge in [0.05, 0.1) is 25.5 Å². The third kappa shape index (κ3) is 3.33. The van der Waals surface area contributed by atoms with Crippen LogP contribution in [0.25, 0.3) is 0 Å². The van der Waals surface area contributed by atoms with Gasteiger partial charge in [-0.1, -0.05) is 0 Å². The van der Waals surface area contributed by atoms with Crippen LogP contribution in [0, 0.1) is 0 Å². The summed E-state index contributed by atoms with van der Waals surface area (Å²) in [5.74, 6) is 0. The first-order valence-electron chi connectivity index (χ1n) is 6.25. The van der Waals surface area contributed by atoms with Crippen molar-refractivity contribution in [2.75, 3.05) is 26.3 Å². The average molecular weight is 289 g/mol. The van der Waals surface area contributed by atoms with E-state index in [-0.39, 0.29) is 17.6 Å². The predicted molar refractivity (Wildman–Crippen MR) is 68.0 cm³/mol. The molecule has 0 radical (unpaired) electrons. The molecule has 1 aliphatic rings. The van der Waals surface area contributed by atoms with E-state index >= 15 is 0 Å². The van der Waals surface area contributed by atoms with E-state index in [9.17, 15) is 8.42 Å². The Balaban J connectivity index is 1.97. The smallest absolute Gasteiger partial charge is 0.246 e. The molecule has 0 unspecified atom stereocenters. The van der Waals surface area contributed by atoms with Crippen LogP contribution in [0.15, 0.2) is 17.3 Å². The molecule has 8 heteroatoms. The minimum atomic E-state index is -3.44. The van der Waals surface area contributed by atoms with Crippen LogP contribution in [0.1, 0.15) is 12.8 Å². The Kier molecular flexibility index (Phi) is 4.56. The van der Waals surface area contributed by atoms with Crippen LogP contribution < -0.4 is 0 Å². The van der Waals surface area contributed by atoms with E-state index in [0.29, 0.717) is 32.5 Å². The highest BCUT2D eigenvalue weighted by Crippen LogP contribution is 2.21. The Hall–Kier alpha value is -0.960. The maximum absolute atomic E-state index is 12.3. The standard InChI is InChI=1S/C11H19N3O4S/c1-13-9-11(8-12-13)19(16,17)14-4-2-10(3-5-14)18-7-6-15/h8-10,15H,2-7H2,1H3. The molecule has 0 atom stereocenters. The Morgan fingerprint density at radius 3 is 2.68 bits per heavy atom. The summed E-state index contributed by atoms with van der Waals surface area (Å²) in [4.78, 5) is 0.227. The average Bonchev–Trinajstić information content (AvgIpc) is 2.84. The van der Waals surface area contributed by atoms with E-state index < -0.39 is 10.0 Å². The molecule has 1 aromatic rings. The van der Waals surface area contributed by atoms with Gasteiger partial charge in [-0.25, -0.2) is 8.42 Å². The molecule has 0 amide bonds. The summed E-state index contributed by atoms with van der Waals surface area (Å²) in [5, 5.41) is 12.6. The first kappa shape index (κ1) is 14.4. The topological polar surface area (TPSA) is 84.7 Å². The number of sulfonamides is 1. The Bertz CT molecular complexity index is 506. The third-order valence-corrected chi connectivity index (χ3v) is 5.02. The van der Waals surface area contributed by atoms with Crippen LogP contribution in [0.4, 0.5) is 0 Å². The fourth-order valence-corrected chi connectivity index (χ4v) is 3.60. The summed E-state index contributed by atoms with van der Waals surface area (Å²) in [6.07, 6.45) is 4.21. The van der Waals surface area contributed by atoms with Gasteiger partial charge < -0.3 is 9.84 Å². The van der Waals surface area contributed by atoms with Gasteiger partial charge in [-0.05, 0) is 12.8 Å². The van der Waals surface area contributed by atoms with Gasteiger partial charge in [0, 0.05) is 26.3 Å². The molecule has 7 nitrogen and oxygen atoms in total. The quantitative estimate of drug-likeness (QED) is 0.796. The molecule has 2 heterocycles. The van der Waals surface area contributed by atoms with Crippen LogP contribution in [-0.2, 0) is 21.8 Å². The Morgan fingerprint density at radius 2 is 2.16 bits per heavy atom. The lowest BCUT2D eigenvalue weighted by molar-refractivity contribution is 0.00318. The third-order valence-electron chi connectivity index (χ3n) is 3.16. The van der Waals surface area contributed by atoms with Crippen molar-refractivity contribution < 1.29 is 18.3 Å². The van der Waals surface area contributed by atoms with E-state index in [2.05, 4.69) is 5.10 Å². The highest BCUT2D eigenvalue weighted by atomic mass is 32.2. The second-order valence-electron chi connectivity index (χ2n) is 4.55. The molecule has 1 aromatic heterocycles. The fourth-order valence-electron chi connectivity index (χ4n) is 2.14. The minimum absolute atomic E-state index is 0.00576. The Labute approximate surface area is 112 Å². The number of aromatic nitrogens is 2. The molecule has 0 aliphatic carbocycles. The molecule has 0 bridgehead atoms. The van der Waals surface area contributed by atoms with Crippen molar-refractivity contribution in [1.82, 2.24) is 14.1 Å². The molecule has 0 aromatic carbocycles. The molecule has 108 valence electrons. The summed E-state index contributed by atoms with van der Waals surface area (Å²) >= 11 is 0. The van der Waals surface area contributed by atoms with E-state index in [4.69, 9.17) is 9.84 Å². The summed E-state index contributed by atoms with van der Waals surface area (Å²) in [5.41, 5.74) is 0. The molecule has 0 saturated carbocycles. The maximum atomic E-state index is 12.3. The number of aryl methyl sites for hydroxylation is 1. The molecule has 1 saturated heterocycles. The van der Waals surface area contributed by atoms with Gasteiger partial charge in [0.1, 0.15) is 4.90 Å². The second-order valence-corrected chi connectivity index (χ2v) is 6.49. The summed E-state index contributed by atoms with van der Waals surface area (Å²) in [7, 11) is -1.75. The molecule has 1 N–H and O–H groups in total. The lowest BCUT2D eigenvalue weighted by atomic mass is 10.1. The van der Waals surface area contributed by atoms with Crippen molar-refractivity contribution in [3.63, 3.8) is 0 Å². The van der Waals surface area contributed by atoms with Gasteiger partial charge in [0.25, 0.3) is 0 Å². The first-order chi connectivity index (χ1) is 9.04. The molecular weight excluding hydrogens is 270 g/mol. The van der Waals surface area contributed by atoms with Gasteiger partial charge in [0.15, 0.2) is 0 Å². The molecular formula is C11H19N3O4S. The van der Waals surface area contributed by atoms with Gasteiger partial charge in [-0.3, -0.25) is 4.68 Å². The lowest BCUT2D eigenvalue weighted by Gasteiger charge is -2.30. The monoisotopic (exact) mass is 289 g/mol. The zero-order valence-corrected chi connectivity index (χ0v) is 11.7. The van der Waals surface area contributed by atoms with E-state index in [0.717, 1.165) is 0 Å². The number of aliphatic hydroxyl groups is 1. The lowest BCUT2D eigenvalue weighted by Crippen LogP contribution is -2.40. The van der Waals surface area contributed by atoms with Crippen molar-refractivity contribution in [3.8, 4) is 0 Å². The highest BCUT2D eigenvalue weighted by molar-refractivity contribution is 7.89. The molecule has 1 aliphatic heterocycles. The first-order valence-corrected chi connectivity index (χ1v) is 7.69. The van der Waals surface area contributed by atoms with Crippen LogP contribution in [-0.4, -0.2) is 60.0 Å². The van der Waals surface area contributed by atoms with Crippen LogP contribution in [0.2, 0.25) is 0 Å². The number of nitrogens with zero attached hydrogens (tertiary/aromatic N) is 3. The summed E-state index contributed by atoms with van der Waals surface area (Å²) in [6, 6.07) is 0. The number of piperidine rings is 1. The zero-order chi connectivity index (χ0) is 13.9. The van der Waals surface area contributed by atoms with Crippen molar-refractivity contribution in [2.24, 2.45) is 7.05 Å². The minimum Gasteiger partial charge on any atom is -0.394 e. The normalized spacial score (nSPS) is 18.8. The number of hydrogen-bond donors (Lipinski definition) is 1. The molecule has 19 heavy (non-hydrogen) atoms. The number of rotatable bonds is 5.